The van der Waals surface area contributed by atoms with E-state index in [0.29, 0.717) is 28.1 Å². The lowest BCUT2D eigenvalue weighted by molar-refractivity contribution is 0.103. The van der Waals surface area contributed by atoms with Crippen LogP contribution in [0.5, 0.6) is 11.5 Å². The number of ketones is 1. The van der Waals surface area contributed by atoms with Crippen LogP contribution in [0, 0.1) is 0 Å². The molecule has 1 aliphatic heterocycles. The van der Waals surface area contributed by atoms with Gasteiger partial charge < -0.3 is 9.47 Å². The fraction of sp³-hybridized carbons (Fsp3) is 0.211. The monoisotopic (exact) mass is 436 g/mol. The second-order valence-corrected chi connectivity index (χ2v) is 8.53. The van der Waals surface area contributed by atoms with Gasteiger partial charge in [0.05, 0.1) is 28.8 Å². The fourth-order valence-electron chi connectivity index (χ4n) is 2.86. The van der Waals surface area contributed by atoms with Gasteiger partial charge in [-0.2, -0.15) is 0 Å². The molecule has 0 aromatic heterocycles. The summed E-state index contributed by atoms with van der Waals surface area (Å²) >= 11 is 3.43. The van der Waals surface area contributed by atoms with Crippen molar-refractivity contribution in [3.8, 4) is 11.5 Å². The minimum absolute atomic E-state index is 0.0904. The SMILES string of the molecule is CCOc1c(Br)cc(C=C2CS(=O)(=O)c3ccccc3C2=O)cc1OC. The average molecular weight is 437 g/mol. The zero-order valence-corrected chi connectivity index (χ0v) is 16.7. The molecule has 0 saturated carbocycles. The van der Waals surface area contributed by atoms with Crippen molar-refractivity contribution in [2.75, 3.05) is 19.5 Å². The van der Waals surface area contributed by atoms with Gasteiger partial charge in [0.15, 0.2) is 27.1 Å². The average Bonchev–Trinajstić information content (AvgIpc) is 2.61. The first kappa shape index (κ1) is 18.7. The van der Waals surface area contributed by atoms with Crippen molar-refractivity contribution < 1.29 is 22.7 Å². The summed E-state index contributed by atoms with van der Waals surface area (Å²) in [6.45, 7) is 2.34. The second-order valence-electron chi connectivity index (χ2n) is 5.72. The molecular formula is C19H17BrO5S. The van der Waals surface area contributed by atoms with Gasteiger partial charge in [0.25, 0.3) is 0 Å². The van der Waals surface area contributed by atoms with Crippen molar-refractivity contribution in [1.82, 2.24) is 0 Å². The lowest BCUT2D eigenvalue weighted by Crippen LogP contribution is -2.24. The van der Waals surface area contributed by atoms with Crippen LogP contribution in [-0.2, 0) is 9.84 Å². The molecule has 0 spiro atoms. The van der Waals surface area contributed by atoms with Crippen molar-refractivity contribution in [3.05, 3.63) is 57.6 Å². The van der Waals surface area contributed by atoms with E-state index in [4.69, 9.17) is 9.47 Å². The Labute approximate surface area is 160 Å². The second kappa shape index (κ2) is 7.25. The largest absolute Gasteiger partial charge is 0.493 e. The van der Waals surface area contributed by atoms with E-state index in [1.807, 2.05) is 6.92 Å². The van der Waals surface area contributed by atoms with Crippen LogP contribution in [0.3, 0.4) is 0 Å². The molecule has 3 rings (SSSR count). The Morgan fingerprint density at radius 1 is 1.23 bits per heavy atom. The molecule has 7 heteroatoms. The quantitative estimate of drug-likeness (QED) is 0.679. The number of sulfone groups is 1. The number of hydrogen-bond donors (Lipinski definition) is 0. The predicted molar refractivity (Wildman–Crippen MR) is 103 cm³/mol. The number of carbonyl (C=O) groups is 1. The molecule has 0 amide bonds. The van der Waals surface area contributed by atoms with Crippen molar-refractivity contribution in [3.63, 3.8) is 0 Å². The third kappa shape index (κ3) is 3.41. The lowest BCUT2D eigenvalue weighted by atomic mass is 10.0. The molecule has 0 bridgehead atoms. The number of halogens is 1. The Kier molecular flexibility index (Phi) is 5.20. The minimum atomic E-state index is -3.54. The van der Waals surface area contributed by atoms with E-state index < -0.39 is 9.84 Å². The number of fused-ring (bicyclic) bond motifs is 1. The van der Waals surface area contributed by atoms with Crippen LogP contribution in [0.4, 0.5) is 0 Å². The number of methoxy groups -OCH3 is 1. The summed E-state index contributed by atoms with van der Waals surface area (Å²) in [5.41, 5.74) is 1.08. The molecule has 0 atom stereocenters. The molecule has 5 nitrogen and oxygen atoms in total. The van der Waals surface area contributed by atoms with Crippen LogP contribution >= 0.6 is 15.9 Å². The highest BCUT2D eigenvalue weighted by molar-refractivity contribution is 9.10. The van der Waals surface area contributed by atoms with Gasteiger partial charge in [0.1, 0.15) is 0 Å². The number of rotatable bonds is 4. The third-order valence-electron chi connectivity index (χ3n) is 3.99. The number of benzene rings is 2. The Morgan fingerprint density at radius 3 is 2.65 bits per heavy atom. The van der Waals surface area contributed by atoms with Crippen LogP contribution in [0.1, 0.15) is 22.8 Å². The highest BCUT2D eigenvalue weighted by Crippen LogP contribution is 2.38. The first-order valence-corrected chi connectivity index (χ1v) is 10.4. The normalized spacial score (nSPS) is 17.0. The predicted octanol–water partition coefficient (Wildman–Crippen LogP) is 3.91. The molecule has 1 heterocycles. The number of carbonyl (C=O) groups excluding carboxylic acids is 1. The molecule has 0 saturated heterocycles. The molecule has 0 aliphatic carbocycles. The third-order valence-corrected chi connectivity index (χ3v) is 6.29. The molecule has 136 valence electrons. The van der Waals surface area contributed by atoms with Crippen LogP contribution in [-0.4, -0.2) is 33.7 Å². The van der Waals surface area contributed by atoms with E-state index in [2.05, 4.69) is 15.9 Å². The van der Waals surface area contributed by atoms with Crippen molar-refractivity contribution in [1.29, 1.82) is 0 Å². The number of Topliss-reactive ketones (excluding diaryl/α,β-unsaturated/α-hetero) is 1. The van der Waals surface area contributed by atoms with E-state index in [9.17, 15) is 13.2 Å². The summed E-state index contributed by atoms with van der Waals surface area (Å²) in [6.07, 6.45) is 1.58. The van der Waals surface area contributed by atoms with Gasteiger partial charge in [-0.15, -0.1) is 0 Å². The summed E-state index contributed by atoms with van der Waals surface area (Å²) in [4.78, 5) is 12.8. The first-order chi connectivity index (χ1) is 12.4. The zero-order chi connectivity index (χ0) is 18.9. The highest BCUT2D eigenvalue weighted by atomic mass is 79.9. The first-order valence-electron chi connectivity index (χ1n) is 7.94. The van der Waals surface area contributed by atoms with Crippen molar-refractivity contribution in [2.24, 2.45) is 0 Å². The maximum absolute atomic E-state index is 12.7. The van der Waals surface area contributed by atoms with Crippen LogP contribution in [0.25, 0.3) is 6.08 Å². The molecule has 1 aliphatic rings. The van der Waals surface area contributed by atoms with Gasteiger partial charge in [0, 0.05) is 11.1 Å². The summed E-state index contributed by atoms with van der Waals surface area (Å²) in [7, 11) is -2.02. The van der Waals surface area contributed by atoms with Gasteiger partial charge in [-0.25, -0.2) is 8.42 Å². The molecule has 0 fully saturated rings. The Bertz CT molecular complexity index is 1010. The molecule has 0 radical (unpaired) electrons. The molecule has 2 aromatic carbocycles. The van der Waals surface area contributed by atoms with Crippen LogP contribution < -0.4 is 9.47 Å². The summed E-state index contributed by atoms with van der Waals surface area (Å²) in [6, 6.07) is 9.76. The van der Waals surface area contributed by atoms with Crippen LogP contribution in [0.2, 0.25) is 0 Å². The summed E-state index contributed by atoms with van der Waals surface area (Å²) in [5, 5.41) is 0. The van der Waals surface area contributed by atoms with E-state index in [1.54, 1.807) is 30.3 Å². The summed E-state index contributed by atoms with van der Waals surface area (Å²) in [5.74, 6) is 0.458. The van der Waals surface area contributed by atoms with E-state index in [1.165, 1.54) is 19.2 Å². The van der Waals surface area contributed by atoms with Gasteiger partial charge in [-0.05, 0) is 58.8 Å². The standard InChI is InChI=1S/C19H17BrO5S/c1-3-25-19-15(20)9-12(10-16(19)24-2)8-13-11-26(22,23)17-7-5-4-6-14(17)18(13)21/h4-10H,3,11H2,1-2H3. The Morgan fingerprint density at radius 2 is 1.96 bits per heavy atom. The van der Waals surface area contributed by atoms with E-state index in [0.717, 1.165) is 0 Å². The van der Waals surface area contributed by atoms with Gasteiger partial charge >= 0.3 is 0 Å². The van der Waals surface area contributed by atoms with Crippen molar-refractivity contribution in [2.45, 2.75) is 11.8 Å². The van der Waals surface area contributed by atoms with E-state index in [-0.39, 0.29) is 27.6 Å². The molecule has 26 heavy (non-hydrogen) atoms. The van der Waals surface area contributed by atoms with Crippen molar-refractivity contribution >= 4 is 37.6 Å². The van der Waals surface area contributed by atoms with Gasteiger partial charge in [0.2, 0.25) is 0 Å². The maximum Gasteiger partial charge on any atom is 0.191 e. The smallest absolute Gasteiger partial charge is 0.191 e. The summed E-state index contributed by atoms with van der Waals surface area (Å²) < 4.78 is 36.6. The Balaban J connectivity index is 2.09. The lowest BCUT2D eigenvalue weighted by Gasteiger charge is -2.18. The number of hydrogen-bond acceptors (Lipinski definition) is 5. The molecular weight excluding hydrogens is 420 g/mol. The Hall–Kier alpha value is -2.12. The van der Waals surface area contributed by atoms with Gasteiger partial charge in [-0.3, -0.25) is 4.79 Å². The van der Waals surface area contributed by atoms with Gasteiger partial charge in [-0.1, -0.05) is 12.1 Å². The fourth-order valence-corrected chi connectivity index (χ4v) is 5.00. The minimum Gasteiger partial charge on any atom is -0.493 e. The van der Waals surface area contributed by atoms with Crippen LogP contribution in [0.15, 0.2) is 51.3 Å². The maximum atomic E-state index is 12.7. The highest BCUT2D eigenvalue weighted by Gasteiger charge is 2.32. The number of ether oxygens (including phenoxy) is 2. The molecule has 0 N–H and O–H groups in total. The zero-order valence-electron chi connectivity index (χ0n) is 14.3. The topological polar surface area (TPSA) is 69.7 Å². The van der Waals surface area contributed by atoms with E-state index >= 15 is 0 Å². The molecule has 2 aromatic rings. The molecule has 0 unspecified atom stereocenters.